The zero-order valence-electron chi connectivity index (χ0n) is 19.4. The third-order valence-electron chi connectivity index (χ3n) is 6.70. The molecule has 3 heterocycles. The second kappa shape index (κ2) is 8.24. The Morgan fingerprint density at radius 1 is 0.676 bits per heavy atom. The van der Waals surface area contributed by atoms with Gasteiger partial charge in [0.05, 0.1) is 40.6 Å². The van der Waals surface area contributed by atoms with Crippen LogP contribution in [-0.2, 0) is 0 Å². The monoisotopic (exact) mass is 488 g/mol. The van der Waals surface area contributed by atoms with Gasteiger partial charge in [0.15, 0.2) is 5.69 Å². The molecule has 0 atom stereocenters. The molecule has 0 aliphatic rings. The molecule has 0 spiro atoms. The van der Waals surface area contributed by atoms with Crippen LogP contribution in [0.25, 0.3) is 69.3 Å². The average Bonchev–Trinajstić information content (AvgIpc) is 3.35. The Kier molecular flexibility index (Phi) is 4.72. The van der Waals surface area contributed by atoms with E-state index < -0.39 is 0 Å². The summed E-state index contributed by atoms with van der Waals surface area (Å²) < 4.78 is 2.34. The van der Waals surface area contributed by atoms with Gasteiger partial charge >= 0.3 is 0 Å². The summed E-state index contributed by atoms with van der Waals surface area (Å²) >= 11 is 1.75. The molecular weight excluding hydrogens is 472 g/mol. The van der Waals surface area contributed by atoms with E-state index in [2.05, 4.69) is 65.5 Å². The van der Waals surface area contributed by atoms with Crippen LogP contribution < -0.4 is 0 Å². The van der Waals surface area contributed by atoms with E-state index in [9.17, 15) is 5.26 Å². The van der Waals surface area contributed by atoms with Crippen LogP contribution in [0.1, 0.15) is 5.56 Å². The predicted octanol–water partition coefficient (Wildman–Crippen LogP) is 8.91. The smallest absolute Gasteiger partial charge is 0.189 e. The Morgan fingerprint density at radius 2 is 1.24 bits per heavy atom. The fourth-order valence-electron chi connectivity index (χ4n) is 4.89. The number of hydrogen-bond donors (Lipinski definition) is 0. The van der Waals surface area contributed by atoms with Crippen molar-refractivity contribution < 1.29 is 0 Å². The number of rotatable bonds is 2. The maximum atomic E-state index is 9.32. The maximum absolute atomic E-state index is 9.32. The van der Waals surface area contributed by atoms with Crippen molar-refractivity contribution in [2.45, 2.75) is 0 Å². The van der Waals surface area contributed by atoms with Crippen LogP contribution in [0.3, 0.4) is 0 Å². The van der Waals surface area contributed by atoms with E-state index >= 15 is 0 Å². The molecule has 0 amide bonds. The first kappa shape index (κ1) is 21.2. The molecule has 0 bridgehead atoms. The Bertz CT molecular complexity index is 1970. The van der Waals surface area contributed by atoms with E-state index in [0.717, 1.165) is 44.3 Å². The van der Waals surface area contributed by atoms with Gasteiger partial charge in [-0.05, 0) is 35.7 Å². The number of thiophene rings is 1. The van der Waals surface area contributed by atoms with Gasteiger partial charge in [0.25, 0.3) is 0 Å². The van der Waals surface area contributed by atoms with Crippen molar-refractivity contribution in [1.29, 1.82) is 5.26 Å². The molecule has 0 aliphatic heterocycles. The molecule has 7 rings (SSSR count). The number of hydrogen-bond acceptors (Lipinski definition) is 4. The molecule has 37 heavy (non-hydrogen) atoms. The van der Waals surface area contributed by atoms with Crippen LogP contribution in [0.2, 0.25) is 0 Å². The SMILES string of the molecule is [C-]#[N+]c1ccc2ccc(-c3cccc4c3sc3c(-c5ccc6ccc(C#N)cc6n5)cccc34)nc2c1. The highest BCUT2D eigenvalue weighted by molar-refractivity contribution is 7.26. The summed E-state index contributed by atoms with van der Waals surface area (Å²) in [6.07, 6.45) is 0. The summed E-state index contributed by atoms with van der Waals surface area (Å²) in [7, 11) is 0. The van der Waals surface area contributed by atoms with Gasteiger partial charge in [-0.2, -0.15) is 5.26 Å². The van der Waals surface area contributed by atoms with Gasteiger partial charge in [-0.25, -0.2) is 14.8 Å². The van der Waals surface area contributed by atoms with Crippen LogP contribution in [0, 0.1) is 17.9 Å². The Labute approximate surface area is 216 Å². The van der Waals surface area contributed by atoms with Crippen LogP contribution in [0.15, 0.2) is 97.1 Å². The van der Waals surface area contributed by atoms with E-state index in [1.54, 1.807) is 11.3 Å². The molecule has 0 aliphatic carbocycles. The minimum Gasteiger partial charge on any atom is -0.249 e. The highest BCUT2D eigenvalue weighted by Gasteiger charge is 2.15. The van der Waals surface area contributed by atoms with Crippen molar-refractivity contribution in [2.75, 3.05) is 0 Å². The molecule has 5 heteroatoms. The second-order valence-corrected chi connectivity index (χ2v) is 9.89. The van der Waals surface area contributed by atoms with E-state index in [1.807, 2.05) is 42.5 Å². The Hall–Kier alpha value is -5.10. The zero-order chi connectivity index (χ0) is 24.9. The van der Waals surface area contributed by atoms with Gasteiger partial charge in [-0.1, -0.05) is 66.7 Å². The third-order valence-corrected chi connectivity index (χ3v) is 7.99. The molecule has 0 saturated heterocycles. The molecule has 4 aromatic carbocycles. The molecule has 3 aromatic heterocycles. The average molecular weight is 489 g/mol. The molecule has 4 nitrogen and oxygen atoms in total. The van der Waals surface area contributed by atoms with Gasteiger partial charge < -0.3 is 0 Å². The fraction of sp³-hybridized carbons (Fsp3) is 0. The van der Waals surface area contributed by atoms with E-state index in [-0.39, 0.29) is 0 Å². The van der Waals surface area contributed by atoms with Crippen molar-refractivity contribution in [2.24, 2.45) is 0 Å². The first-order valence-corrected chi connectivity index (χ1v) is 12.6. The lowest BCUT2D eigenvalue weighted by Gasteiger charge is -2.05. The topological polar surface area (TPSA) is 53.9 Å². The summed E-state index contributed by atoms with van der Waals surface area (Å²) in [5, 5.41) is 13.7. The minimum atomic E-state index is 0.589. The van der Waals surface area contributed by atoms with E-state index in [1.165, 1.54) is 20.2 Å². The molecular formula is C32H16N4S. The summed E-state index contributed by atoms with van der Waals surface area (Å²) in [4.78, 5) is 13.4. The summed E-state index contributed by atoms with van der Waals surface area (Å²) in [6, 6.07) is 34.4. The summed E-state index contributed by atoms with van der Waals surface area (Å²) in [5.41, 5.74) is 6.75. The van der Waals surface area contributed by atoms with Crippen molar-refractivity contribution in [1.82, 2.24) is 9.97 Å². The summed E-state index contributed by atoms with van der Waals surface area (Å²) in [6.45, 7) is 7.34. The zero-order valence-corrected chi connectivity index (χ0v) is 20.3. The van der Waals surface area contributed by atoms with Crippen LogP contribution in [0.4, 0.5) is 5.69 Å². The van der Waals surface area contributed by atoms with Crippen LogP contribution in [0.5, 0.6) is 0 Å². The molecule has 0 N–H and O–H groups in total. The highest BCUT2D eigenvalue weighted by Crippen LogP contribution is 2.43. The molecule has 0 radical (unpaired) electrons. The largest absolute Gasteiger partial charge is 0.249 e. The molecule has 7 aromatic rings. The van der Waals surface area contributed by atoms with Crippen molar-refractivity contribution in [3.8, 4) is 28.6 Å². The fourth-order valence-corrected chi connectivity index (χ4v) is 6.23. The van der Waals surface area contributed by atoms with Crippen molar-refractivity contribution in [3.63, 3.8) is 0 Å². The number of nitriles is 1. The maximum Gasteiger partial charge on any atom is 0.189 e. The van der Waals surface area contributed by atoms with Gasteiger partial charge in [-0.3, -0.25) is 0 Å². The minimum absolute atomic E-state index is 0.589. The first-order valence-electron chi connectivity index (χ1n) is 11.8. The molecule has 0 unspecified atom stereocenters. The lowest BCUT2D eigenvalue weighted by Crippen LogP contribution is -1.86. The van der Waals surface area contributed by atoms with Crippen molar-refractivity contribution >= 4 is 59.0 Å². The quantitative estimate of drug-likeness (QED) is 0.228. The van der Waals surface area contributed by atoms with Crippen LogP contribution in [-0.4, -0.2) is 9.97 Å². The highest BCUT2D eigenvalue weighted by atomic mass is 32.1. The van der Waals surface area contributed by atoms with Crippen LogP contribution >= 0.6 is 11.3 Å². The number of aromatic nitrogens is 2. The molecule has 0 saturated carbocycles. The first-order chi connectivity index (χ1) is 18.2. The normalized spacial score (nSPS) is 11.2. The Balaban J connectivity index is 1.44. The van der Waals surface area contributed by atoms with E-state index in [0.29, 0.717) is 11.3 Å². The second-order valence-electron chi connectivity index (χ2n) is 8.87. The molecule has 0 fully saturated rings. The number of benzene rings is 4. The van der Waals surface area contributed by atoms with Gasteiger partial charge in [0.2, 0.25) is 0 Å². The van der Waals surface area contributed by atoms with Gasteiger partial charge in [0.1, 0.15) is 0 Å². The summed E-state index contributed by atoms with van der Waals surface area (Å²) in [5.74, 6) is 0. The number of pyridine rings is 2. The lowest BCUT2D eigenvalue weighted by molar-refractivity contribution is 1.40. The lowest BCUT2D eigenvalue weighted by atomic mass is 10.0. The van der Waals surface area contributed by atoms with E-state index in [4.69, 9.17) is 16.5 Å². The van der Waals surface area contributed by atoms with Gasteiger partial charge in [0, 0.05) is 36.7 Å². The molecule has 170 valence electrons. The Morgan fingerprint density at radius 3 is 1.84 bits per heavy atom. The van der Waals surface area contributed by atoms with Gasteiger partial charge in [-0.15, -0.1) is 11.3 Å². The standard InChI is InChI=1S/C32H16N4S/c1-34-22-13-10-21-12-15-28(36-30(21)17-22)26-7-3-5-24-23-4-2-6-25(31(23)37-32(24)26)27-14-11-20-9-8-19(18-33)16-29(20)35-27/h2-17H. The number of fused-ring (bicyclic) bond motifs is 5. The predicted molar refractivity (Wildman–Crippen MR) is 152 cm³/mol. The third kappa shape index (κ3) is 3.42. The van der Waals surface area contributed by atoms with Crippen molar-refractivity contribution in [3.05, 3.63) is 114 Å². The number of nitrogens with zero attached hydrogens (tertiary/aromatic N) is 4.